The Morgan fingerprint density at radius 1 is 1.35 bits per heavy atom. The first kappa shape index (κ1) is 11.1. The number of rotatable bonds is 2. The number of aromatic nitrogens is 2. The molecule has 0 fully saturated rings. The summed E-state index contributed by atoms with van der Waals surface area (Å²) in [6, 6.07) is 11.7. The van der Waals surface area contributed by atoms with Crippen LogP contribution >= 0.6 is 0 Å². The third-order valence-corrected chi connectivity index (χ3v) is 2.63. The Bertz CT molecular complexity index is 623. The molecule has 17 heavy (non-hydrogen) atoms. The van der Waals surface area contributed by atoms with E-state index in [0.717, 1.165) is 5.56 Å². The molecule has 0 saturated carbocycles. The van der Waals surface area contributed by atoms with Gasteiger partial charge in [0.2, 0.25) is 0 Å². The van der Waals surface area contributed by atoms with Gasteiger partial charge in [0, 0.05) is 12.2 Å². The maximum atomic E-state index is 11.3. The zero-order chi connectivity index (χ0) is 12.3. The summed E-state index contributed by atoms with van der Waals surface area (Å²) in [6.07, 6.45) is 1.48. The summed E-state index contributed by atoms with van der Waals surface area (Å²) in [5, 5.41) is 8.89. The molecule has 0 radical (unpaired) electrons. The summed E-state index contributed by atoms with van der Waals surface area (Å²) >= 11 is 0. The van der Waals surface area contributed by atoms with Crippen molar-refractivity contribution in [1.82, 2.24) is 9.55 Å². The van der Waals surface area contributed by atoms with Gasteiger partial charge < -0.3 is 4.57 Å². The largest absolute Gasteiger partial charge is 0.330 e. The lowest BCUT2D eigenvalue weighted by Gasteiger charge is -2.10. The standard InChI is InChI=1S/C13H11N3O/c1-10-12(7-14)13(17)15-9-16(10)8-11-5-3-2-4-6-11/h2-6,9H,8H2,1H3. The summed E-state index contributed by atoms with van der Waals surface area (Å²) in [5.74, 6) is 0. The maximum Gasteiger partial charge on any atom is 0.290 e. The number of nitriles is 1. The van der Waals surface area contributed by atoms with Gasteiger partial charge in [0.25, 0.3) is 5.56 Å². The van der Waals surface area contributed by atoms with Gasteiger partial charge in [0.15, 0.2) is 0 Å². The Balaban J connectivity index is 2.42. The highest BCUT2D eigenvalue weighted by Gasteiger charge is 2.07. The van der Waals surface area contributed by atoms with E-state index >= 15 is 0 Å². The second-order valence-electron chi connectivity index (χ2n) is 3.74. The fourth-order valence-corrected chi connectivity index (χ4v) is 1.64. The molecular weight excluding hydrogens is 214 g/mol. The quantitative estimate of drug-likeness (QED) is 0.777. The van der Waals surface area contributed by atoms with E-state index < -0.39 is 5.56 Å². The molecule has 0 aliphatic heterocycles. The minimum atomic E-state index is -0.464. The van der Waals surface area contributed by atoms with Gasteiger partial charge in [-0.15, -0.1) is 0 Å². The van der Waals surface area contributed by atoms with Gasteiger partial charge in [-0.05, 0) is 12.5 Å². The molecule has 0 atom stereocenters. The van der Waals surface area contributed by atoms with Crippen LogP contribution in [0.4, 0.5) is 0 Å². The van der Waals surface area contributed by atoms with Gasteiger partial charge >= 0.3 is 0 Å². The van der Waals surface area contributed by atoms with Crippen molar-refractivity contribution in [3.8, 4) is 6.07 Å². The number of benzene rings is 1. The lowest BCUT2D eigenvalue weighted by atomic mass is 10.2. The molecule has 4 heteroatoms. The van der Waals surface area contributed by atoms with Gasteiger partial charge in [-0.1, -0.05) is 30.3 Å². The Hall–Kier alpha value is -2.41. The minimum absolute atomic E-state index is 0.114. The van der Waals surface area contributed by atoms with Crippen LogP contribution < -0.4 is 5.56 Å². The van der Waals surface area contributed by atoms with Crippen molar-refractivity contribution in [2.45, 2.75) is 13.5 Å². The van der Waals surface area contributed by atoms with Crippen LogP contribution in [0.5, 0.6) is 0 Å². The molecule has 0 saturated heterocycles. The van der Waals surface area contributed by atoms with E-state index in [2.05, 4.69) is 4.98 Å². The fraction of sp³-hybridized carbons (Fsp3) is 0.154. The van der Waals surface area contributed by atoms with E-state index in [0.29, 0.717) is 12.2 Å². The fourth-order valence-electron chi connectivity index (χ4n) is 1.64. The zero-order valence-electron chi connectivity index (χ0n) is 9.42. The molecule has 84 valence electrons. The summed E-state index contributed by atoms with van der Waals surface area (Å²) in [4.78, 5) is 15.0. The summed E-state index contributed by atoms with van der Waals surface area (Å²) in [7, 11) is 0. The van der Waals surface area contributed by atoms with Gasteiger partial charge in [-0.2, -0.15) is 10.2 Å². The molecule has 0 N–H and O–H groups in total. The van der Waals surface area contributed by atoms with E-state index in [1.165, 1.54) is 6.33 Å². The van der Waals surface area contributed by atoms with Crippen molar-refractivity contribution >= 4 is 0 Å². The first-order valence-corrected chi connectivity index (χ1v) is 5.22. The average molecular weight is 225 g/mol. The molecule has 2 aromatic rings. The first-order valence-electron chi connectivity index (χ1n) is 5.22. The van der Waals surface area contributed by atoms with Crippen molar-refractivity contribution in [2.24, 2.45) is 0 Å². The molecule has 0 bridgehead atoms. The van der Waals surface area contributed by atoms with Crippen molar-refractivity contribution < 1.29 is 0 Å². The van der Waals surface area contributed by atoms with Crippen LogP contribution in [0.3, 0.4) is 0 Å². The molecule has 1 heterocycles. The van der Waals surface area contributed by atoms with Crippen molar-refractivity contribution in [3.05, 3.63) is 63.8 Å². The molecule has 0 aliphatic carbocycles. The van der Waals surface area contributed by atoms with Crippen LogP contribution in [0.2, 0.25) is 0 Å². The SMILES string of the molecule is Cc1c(C#N)c(=O)ncn1Cc1ccccc1. The van der Waals surface area contributed by atoms with E-state index in [1.54, 1.807) is 11.5 Å². The van der Waals surface area contributed by atoms with Crippen LogP contribution in [-0.4, -0.2) is 9.55 Å². The van der Waals surface area contributed by atoms with E-state index in [4.69, 9.17) is 5.26 Å². The third-order valence-electron chi connectivity index (χ3n) is 2.63. The molecule has 4 nitrogen and oxygen atoms in total. The molecule has 0 aliphatic rings. The van der Waals surface area contributed by atoms with Gasteiger partial charge in [0.05, 0.1) is 6.33 Å². The second-order valence-corrected chi connectivity index (χ2v) is 3.74. The number of hydrogen-bond acceptors (Lipinski definition) is 3. The number of nitrogens with zero attached hydrogens (tertiary/aromatic N) is 3. The molecular formula is C13H11N3O. The summed E-state index contributed by atoms with van der Waals surface area (Å²) in [5.41, 5.74) is 1.40. The van der Waals surface area contributed by atoms with E-state index in [1.807, 2.05) is 36.4 Å². The molecule has 1 aromatic carbocycles. The van der Waals surface area contributed by atoms with Gasteiger partial charge in [-0.25, -0.2) is 0 Å². The Morgan fingerprint density at radius 3 is 2.71 bits per heavy atom. The smallest absolute Gasteiger partial charge is 0.290 e. The highest BCUT2D eigenvalue weighted by Crippen LogP contribution is 2.06. The number of hydrogen-bond donors (Lipinski definition) is 0. The minimum Gasteiger partial charge on any atom is -0.330 e. The van der Waals surface area contributed by atoms with Crippen molar-refractivity contribution in [1.29, 1.82) is 5.26 Å². The topological polar surface area (TPSA) is 58.7 Å². The van der Waals surface area contributed by atoms with E-state index in [9.17, 15) is 4.79 Å². The molecule has 2 rings (SSSR count). The van der Waals surface area contributed by atoms with Gasteiger partial charge in [-0.3, -0.25) is 4.79 Å². The van der Waals surface area contributed by atoms with Crippen molar-refractivity contribution in [2.75, 3.05) is 0 Å². The molecule has 0 spiro atoms. The van der Waals surface area contributed by atoms with Crippen LogP contribution in [0.25, 0.3) is 0 Å². The van der Waals surface area contributed by atoms with Gasteiger partial charge in [0.1, 0.15) is 11.6 Å². The normalized spacial score (nSPS) is 9.88. The highest BCUT2D eigenvalue weighted by atomic mass is 16.1. The lowest BCUT2D eigenvalue weighted by Crippen LogP contribution is -2.18. The summed E-state index contributed by atoms with van der Waals surface area (Å²) < 4.78 is 1.80. The van der Waals surface area contributed by atoms with Crippen LogP contribution in [0.15, 0.2) is 41.5 Å². The predicted molar refractivity (Wildman–Crippen MR) is 63.5 cm³/mol. The molecule has 1 aromatic heterocycles. The third kappa shape index (κ3) is 2.23. The van der Waals surface area contributed by atoms with Crippen LogP contribution in [0.1, 0.15) is 16.8 Å². The van der Waals surface area contributed by atoms with Crippen LogP contribution in [0, 0.1) is 18.3 Å². The lowest BCUT2D eigenvalue weighted by molar-refractivity contribution is 0.727. The zero-order valence-corrected chi connectivity index (χ0v) is 9.42. The Labute approximate surface area is 98.8 Å². The Kier molecular flexibility index (Phi) is 3.01. The second kappa shape index (κ2) is 4.62. The van der Waals surface area contributed by atoms with Crippen molar-refractivity contribution in [3.63, 3.8) is 0 Å². The van der Waals surface area contributed by atoms with Crippen LogP contribution in [-0.2, 0) is 6.54 Å². The van der Waals surface area contributed by atoms with E-state index in [-0.39, 0.29) is 5.56 Å². The Morgan fingerprint density at radius 2 is 2.06 bits per heavy atom. The summed E-state index contributed by atoms with van der Waals surface area (Å²) in [6.45, 7) is 2.36. The monoisotopic (exact) mass is 225 g/mol. The maximum absolute atomic E-state index is 11.3. The average Bonchev–Trinajstić information content (AvgIpc) is 2.35. The highest BCUT2D eigenvalue weighted by molar-refractivity contribution is 5.30. The molecule has 0 amide bonds. The first-order chi connectivity index (χ1) is 8.22. The predicted octanol–water partition coefficient (Wildman–Crippen LogP) is 1.47. The molecule has 0 unspecified atom stereocenters.